The molecular formula is C42H44BrClF4N6O4S. The van der Waals surface area contributed by atoms with Crippen LogP contribution in [0, 0.1) is 17.0 Å². The number of amides is 2. The smallest absolute Gasteiger partial charge is 0.407 e. The van der Waals surface area contributed by atoms with Gasteiger partial charge in [0, 0.05) is 22.3 Å². The highest BCUT2D eigenvalue weighted by Gasteiger charge is 2.33. The number of aliphatic imine (C=N–C) groups is 1. The van der Waals surface area contributed by atoms with Gasteiger partial charge in [-0.15, -0.1) is 0 Å². The molecule has 314 valence electrons. The lowest BCUT2D eigenvalue weighted by molar-refractivity contribution is 0.0504. The second-order valence-corrected chi connectivity index (χ2v) is 17.3. The predicted molar refractivity (Wildman–Crippen MR) is 230 cm³/mol. The number of hydrogen-bond donors (Lipinski definition) is 3. The van der Waals surface area contributed by atoms with Crippen LogP contribution >= 0.6 is 39.5 Å². The van der Waals surface area contributed by atoms with Crippen molar-refractivity contribution in [2.24, 2.45) is 4.99 Å². The maximum Gasteiger partial charge on any atom is 0.407 e. The highest BCUT2D eigenvalue weighted by atomic mass is 79.9. The van der Waals surface area contributed by atoms with Crippen molar-refractivity contribution >= 4 is 81.1 Å². The van der Waals surface area contributed by atoms with Crippen LogP contribution in [0.2, 0.25) is 5.02 Å². The summed E-state index contributed by atoms with van der Waals surface area (Å²) in [4.78, 5) is 33.5. The lowest BCUT2D eigenvalue weighted by atomic mass is 10.0. The lowest BCUT2D eigenvalue weighted by Gasteiger charge is -2.33. The standard InChI is InChI=1S/C42H44BrClF4N6O4S/c1-42(2,3)58-41(56)52-29(18-25-16-27(45)20-28(46)17-25)23-53(40(55)32-13-8-26(43)19-34(32)50-4)35-15-14-33(44)37(38(35)51-21-36(47)48)39(49)54(59-31-11-12-31)22-24-6-9-30(57-5)10-7-24/h6-10,13-17,19-20,29,31,36,49,51H,4,11-12,18,21-23H2,1-3,5H3,(H,52,56). The van der Waals surface area contributed by atoms with Gasteiger partial charge >= 0.3 is 6.09 Å². The van der Waals surface area contributed by atoms with Crippen LogP contribution in [0.5, 0.6) is 5.75 Å². The molecule has 10 nitrogen and oxygen atoms in total. The first-order valence-corrected chi connectivity index (χ1v) is 20.5. The van der Waals surface area contributed by atoms with E-state index in [4.69, 9.17) is 21.1 Å². The first kappa shape index (κ1) is 45.3. The van der Waals surface area contributed by atoms with Crippen LogP contribution in [0.25, 0.3) is 0 Å². The van der Waals surface area contributed by atoms with E-state index in [1.54, 1.807) is 56.5 Å². The number of nitrogens with zero attached hydrogens (tertiary/aromatic N) is 3. The van der Waals surface area contributed by atoms with E-state index in [2.05, 4.69) is 38.3 Å². The Labute approximate surface area is 358 Å². The molecule has 0 saturated heterocycles. The number of carbonyl (C=O) groups is 2. The van der Waals surface area contributed by atoms with E-state index < -0.39 is 54.8 Å². The molecule has 5 rings (SSSR count). The number of alkyl halides is 2. The van der Waals surface area contributed by atoms with Crippen molar-refractivity contribution in [3.8, 4) is 5.75 Å². The van der Waals surface area contributed by atoms with E-state index >= 15 is 0 Å². The molecule has 1 fully saturated rings. The molecule has 2 amide bonds. The molecule has 1 aliphatic rings. The number of anilines is 2. The molecule has 59 heavy (non-hydrogen) atoms. The molecule has 0 aromatic heterocycles. The third-order valence-electron chi connectivity index (χ3n) is 8.76. The summed E-state index contributed by atoms with van der Waals surface area (Å²) in [7, 11) is 1.56. The predicted octanol–water partition coefficient (Wildman–Crippen LogP) is 10.8. The minimum Gasteiger partial charge on any atom is -0.497 e. The average molecular weight is 920 g/mol. The van der Waals surface area contributed by atoms with Gasteiger partial charge in [0.25, 0.3) is 12.3 Å². The Hall–Kier alpha value is -4.80. The Kier molecular flexibility index (Phi) is 15.3. The van der Waals surface area contributed by atoms with Gasteiger partial charge in [-0.05, 0) is 124 Å². The van der Waals surface area contributed by atoms with Crippen LogP contribution in [-0.4, -0.2) is 72.4 Å². The fourth-order valence-corrected chi connectivity index (χ4v) is 7.77. The van der Waals surface area contributed by atoms with E-state index in [0.717, 1.165) is 30.5 Å². The zero-order valence-electron chi connectivity index (χ0n) is 32.8. The maximum absolute atomic E-state index is 15.0. The van der Waals surface area contributed by atoms with Gasteiger partial charge in [0.05, 0.1) is 59.5 Å². The highest BCUT2D eigenvalue weighted by molar-refractivity contribution is 9.10. The molecule has 1 unspecified atom stereocenters. The van der Waals surface area contributed by atoms with Crippen molar-refractivity contribution in [2.75, 3.05) is 30.4 Å². The van der Waals surface area contributed by atoms with Gasteiger partial charge in [-0.1, -0.05) is 39.7 Å². The van der Waals surface area contributed by atoms with Crippen molar-refractivity contribution in [2.45, 2.75) is 69.9 Å². The number of rotatable bonds is 17. The molecule has 1 atom stereocenters. The summed E-state index contributed by atoms with van der Waals surface area (Å²) in [6, 6.07) is 16.7. The molecule has 3 N–H and O–H groups in total. The number of halogens is 6. The van der Waals surface area contributed by atoms with Gasteiger partial charge in [-0.3, -0.25) is 19.5 Å². The Bertz CT molecular complexity index is 2150. The third kappa shape index (κ3) is 12.8. The largest absolute Gasteiger partial charge is 0.497 e. The van der Waals surface area contributed by atoms with Crippen molar-refractivity contribution in [3.05, 3.63) is 116 Å². The van der Waals surface area contributed by atoms with Gasteiger partial charge in [0.2, 0.25) is 0 Å². The van der Waals surface area contributed by atoms with E-state index in [1.807, 2.05) is 12.1 Å². The molecule has 0 bridgehead atoms. The zero-order chi connectivity index (χ0) is 43.0. The van der Waals surface area contributed by atoms with Crippen molar-refractivity contribution in [1.29, 1.82) is 5.41 Å². The second kappa shape index (κ2) is 20.0. The Balaban J connectivity index is 1.69. The quantitative estimate of drug-likeness (QED) is 0.0418. The summed E-state index contributed by atoms with van der Waals surface area (Å²) in [5.74, 6) is -1.90. The molecule has 1 aliphatic carbocycles. The first-order valence-electron chi connectivity index (χ1n) is 18.5. The molecule has 1 saturated carbocycles. The summed E-state index contributed by atoms with van der Waals surface area (Å²) in [5.41, 5.74) is 0.247. The number of alkyl carbamates (subject to hydrolysis) is 1. The van der Waals surface area contributed by atoms with E-state index in [0.29, 0.717) is 16.3 Å². The average Bonchev–Trinajstić information content (AvgIpc) is 3.98. The summed E-state index contributed by atoms with van der Waals surface area (Å²) in [6.07, 6.45) is -2.12. The number of hydrogen-bond acceptors (Lipinski definition) is 8. The maximum atomic E-state index is 15.0. The number of ether oxygens (including phenoxy) is 2. The third-order valence-corrected chi connectivity index (χ3v) is 10.9. The SMILES string of the molecule is C=Nc1cc(Br)ccc1C(=O)N(CC(Cc1cc(F)cc(F)c1)NC(=O)OC(C)(C)C)c1ccc(Cl)c(C(=N)N(Cc2ccc(OC)cc2)SC2CC2)c1NCC(F)F. The van der Waals surface area contributed by atoms with Gasteiger partial charge in [-0.25, -0.2) is 22.4 Å². The number of amidine groups is 1. The minimum atomic E-state index is -2.86. The topological polar surface area (TPSA) is 119 Å². The van der Waals surface area contributed by atoms with Crippen LogP contribution < -0.4 is 20.3 Å². The van der Waals surface area contributed by atoms with Crippen LogP contribution in [0.4, 0.5) is 39.4 Å². The molecule has 0 heterocycles. The number of nitrogens with one attached hydrogen (secondary N) is 3. The molecule has 4 aromatic rings. The summed E-state index contributed by atoms with van der Waals surface area (Å²) < 4.78 is 70.4. The molecule has 17 heteroatoms. The van der Waals surface area contributed by atoms with Crippen molar-refractivity contribution in [1.82, 2.24) is 9.62 Å². The van der Waals surface area contributed by atoms with Crippen LogP contribution in [-0.2, 0) is 17.7 Å². The second-order valence-electron chi connectivity index (χ2n) is 14.7. The fourth-order valence-electron chi connectivity index (χ4n) is 6.05. The Morgan fingerprint density at radius 1 is 1.03 bits per heavy atom. The van der Waals surface area contributed by atoms with E-state index in [-0.39, 0.29) is 62.8 Å². The van der Waals surface area contributed by atoms with Crippen LogP contribution in [0.15, 0.2) is 82.3 Å². The van der Waals surface area contributed by atoms with Gasteiger partial charge in [0.1, 0.15) is 28.8 Å². The number of methoxy groups -OCH3 is 1. The fraction of sp³-hybridized carbons (Fsp3) is 0.333. The highest BCUT2D eigenvalue weighted by Crippen LogP contribution is 2.42. The first-order chi connectivity index (χ1) is 27.9. The molecule has 0 aliphatic heterocycles. The normalized spacial score (nSPS) is 13.1. The van der Waals surface area contributed by atoms with Crippen LogP contribution in [0.1, 0.15) is 60.7 Å². The monoisotopic (exact) mass is 918 g/mol. The number of benzene rings is 4. The lowest BCUT2D eigenvalue weighted by Crippen LogP contribution is -2.48. The van der Waals surface area contributed by atoms with Gasteiger partial charge in [-0.2, -0.15) is 0 Å². The number of carbonyl (C=O) groups excluding carboxylic acids is 2. The summed E-state index contributed by atoms with van der Waals surface area (Å²) >= 11 is 11.7. The van der Waals surface area contributed by atoms with Gasteiger partial charge in [0.15, 0.2) is 0 Å². The van der Waals surface area contributed by atoms with E-state index in [9.17, 15) is 32.6 Å². The Morgan fingerprint density at radius 3 is 2.31 bits per heavy atom. The van der Waals surface area contributed by atoms with Crippen molar-refractivity contribution < 1.29 is 36.6 Å². The van der Waals surface area contributed by atoms with Gasteiger partial charge < -0.3 is 25.0 Å². The van der Waals surface area contributed by atoms with Crippen molar-refractivity contribution in [3.63, 3.8) is 0 Å². The minimum absolute atomic E-state index is 0.0139. The molecule has 0 radical (unpaired) electrons. The molecular weight excluding hydrogens is 876 g/mol. The summed E-state index contributed by atoms with van der Waals surface area (Å²) in [6.45, 7) is 7.54. The molecule has 4 aromatic carbocycles. The molecule has 0 spiro atoms. The summed E-state index contributed by atoms with van der Waals surface area (Å²) in [5, 5.41) is 15.3. The van der Waals surface area contributed by atoms with Crippen LogP contribution in [0.3, 0.4) is 0 Å². The zero-order valence-corrected chi connectivity index (χ0v) is 35.9. The Morgan fingerprint density at radius 2 is 1.71 bits per heavy atom. The van der Waals surface area contributed by atoms with E-state index in [1.165, 1.54) is 35.0 Å².